The van der Waals surface area contributed by atoms with E-state index in [1.54, 1.807) is 6.92 Å². The van der Waals surface area contributed by atoms with Crippen molar-refractivity contribution in [1.82, 2.24) is 5.32 Å². The second-order valence-corrected chi connectivity index (χ2v) is 4.53. The van der Waals surface area contributed by atoms with E-state index in [0.29, 0.717) is 5.57 Å². The maximum atomic E-state index is 10.8. The summed E-state index contributed by atoms with van der Waals surface area (Å²) in [6.07, 6.45) is 1.73. The van der Waals surface area contributed by atoms with Gasteiger partial charge in [-0.15, -0.1) is 0 Å². The van der Waals surface area contributed by atoms with Crippen LogP contribution in [-0.2, 0) is 4.79 Å². The third kappa shape index (κ3) is 4.90. The molecule has 0 aromatic rings. The Morgan fingerprint density at radius 2 is 1.86 bits per heavy atom. The molecule has 0 amide bonds. The van der Waals surface area contributed by atoms with Crippen LogP contribution in [0.5, 0.6) is 0 Å². The first kappa shape index (κ1) is 13.0. The van der Waals surface area contributed by atoms with Gasteiger partial charge in [-0.3, -0.25) is 0 Å². The first-order valence-electron chi connectivity index (χ1n) is 4.99. The van der Waals surface area contributed by atoms with Crippen LogP contribution < -0.4 is 5.32 Å². The van der Waals surface area contributed by atoms with Gasteiger partial charge in [0, 0.05) is 11.2 Å². The van der Waals surface area contributed by atoms with Crippen molar-refractivity contribution in [3.8, 4) is 0 Å². The molecule has 0 spiro atoms. The molecule has 0 unspecified atom stereocenters. The molecule has 82 valence electrons. The molecule has 0 atom stereocenters. The zero-order valence-corrected chi connectivity index (χ0v) is 9.77. The molecule has 0 fully saturated rings. The topological polar surface area (TPSA) is 49.3 Å². The first-order valence-corrected chi connectivity index (χ1v) is 4.99. The highest BCUT2D eigenvalue weighted by molar-refractivity contribution is 5.86. The molecule has 0 bridgehead atoms. The Morgan fingerprint density at radius 1 is 1.36 bits per heavy atom. The number of aliphatic carboxylic acids is 1. The molecular formula is C11H21NO2. The van der Waals surface area contributed by atoms with Crippen LogP contribution in [0.25, 0.3) is 0 Å². The van der Waals surface area contributed by atoms with E-state index in [2.05, 4.69) is 5.32 Å². The van der Waals surface area contributed by atoms with Gasteiger partial charge in [-0.05, 0) is 34.1 Å². The van der Waals surface area contributed by atoms with Crippen LogP contribution >= 0.6 is 0 Å². The lowest BCUT2D eigenvalue weighted by molar-refractivity contribution is -0.132. The minimum absolute atomic E-state index is 0.0821. The lowest BCUT2D eigenvalue weighted by atomic mass is 10.0. The fourth-order valence-corrected chi connectivity index (χ4v) is 1.18. The minimum atomic E-state index is -0.842. The lowest BCUT2D eigenvalue weighted by Gasteiger charge is -2.25. The second-order valence-electron chi connectivity index (χ2n) is 4.53. The molecule has 0 aromatic heterocycles. The van der Waals surface area contributed by atoms with Gasteiger partial charge in [0.15, 0.2) is 0 Å². The molecule has 2 N–H and O–H groups in total. The normalized spacial score (nSPS) is 13.5. The standard InChI is InChI=1S/C11H21NO2/c1-6-7-9(8(2)10(13)14)12-11(3,4)5/h12H,6-7H2,1-5H3,(H,13,14)/b9-8+. The molecule has 0 heterocycles. The van der Waals surface area contributed by atoms with Gasteiger partial charge >= 0.3 is 5.97 Å². The van der Waals surface area contributed by atoms with Gasteiger partial charge in [0.1, 0.15) is 0 Å². The van der Waals surface area contributed by atoms with Crippen LogP contribution in [0.4, 0.5) is 0 Å². The summed E-state index contributed by atoms with van der Waals surface area (Å²) < 4.78 is 0. The van der Waals surface area contributed by atoms with Crippen LogP contribution in [0.3, 0.4) is 0 Å². The molecule has 0 saturated heterocycles. The van der Waals surface area contributed by atoms with Crippen molar-refractivity contribution >= 4 is 5.97 Å². The van der Waals surface area contributed by atoms with Crippen molar-refractivity contribution in [2.45, 2.75) is 53.0 Å². The molecule has 14 heavy (non-hydrogen) atoms. The number of allylic oxidation sites excluding steroid dienone is 1. The number of hydrogen-bond donors (Lipinski definition) is 2. The molecular weight excluding hydrogens is 178 g/mol. The summed E-state index contributed by atoms with van der Waals surface area (Å²) in [5, 5.41) is 12.1. The van der Waals surface area contributed by atoms with Gasteiger partial charge in [0.05, 0.1) is 5.57 Å². The summed E-state index contributed by atoms with van der Waals surface area (Å²) in [5.74, 6) is -0.842. The van der Waals surface area contributed by atoms with E-state index >= 15 is 0 Å². The van der Waals surface area contributed by atoms with Gasteiger partial charge in [0.25, 0.3) is 0 Å². The quantitative estimate of drug-likeness (QED) is 0.684. The Hall–Kier alpha value is -0.990. The monoisotopic (exact) mass is 199 g/mol. The summed E-state index contributed by atoms with van der Waals surface area (Å²) in [6, 6.07) is 0. The summed E-state index contributed by atoms with van der Waals surface area (Å²) in [5.41, 5.74) is 1.18. The predicted octanol–water partition coefficient (Wildman–Crippen LogP) is 2.53. The molecule has 0 rings (SSSR count). The number of nitrogens with one attached hydrogen (secondary N) is 1. The number of hydrogen-bond acceptors (Lipinski definition) is 2. The highest BCUT2D eigenvalue weighted by Crippen LogP contribution is 2.13. The van der Waals surface area contributed by atoms with E-state index in [9.17, 15) is 4.79 Å². The van der Waals surface area contributed by atoms with Crippen molar-refractivity contribution < 1.29 is 9.90 Å². The van der Waals surface area contributed by atoms with Crippen molar-refractivity contribution in [2.75, 3.05) is 0 Å². The zero-order chi connectivity index (χ0) is 11.4. The minimum Gasteiger partial charge on any atom is -0.478 e. The Morgan fingerprint density at radius 3 is 2.14 bits per heavy atom. The van der Waals surface area contributed by atoms with Crippen molar-refractivity contribution in [3.63, 3.8) is 0 Å². The Bertz CT molecular complexity index is 236. The average molecular weight is 199 g/mol. The van der Waals surface area contributed by atoms with Gasteiger partial charge < -0.3 is 10.4 Å². The molecule has 0 radical (unpaired) electrons. The number of carbonyl (C=O) groups is 1. The van der Waals surface area contributed by atoms with E-state index in [4.69, 9.17) is 5.11 Å². The number of rotatable bonds is 4. The van der Waals surface area contributed by atoms with E-state index in [1.165, 1.54) is 0 Å². The highest BCUT2D eigenvalue weighted by Gasteiger charge is 2.15. The lowest BCUT2D eigenvalue weighted by Crippen LogP contribution is -2.36. The zero-order valence-electron chi connectivity index (χ0n) is 9.77. The molecule has 3 nitrogen and oxygen atoms in total. The summed E-state index contributed by atoms with van der Waals surface area (Å²) in [7, 11) is 0. The van der Waals surface area contributed by atoms with Crippen LogP contribution in [-0.4, -0.2) is 16.6 Å². The van der Waals surface area contributed by atoms with Crippen LogP contribution in [0.15, 0.2) is 11.3 Å². The van der Waals surface area contributed by atoms with Crippen LogP contribution in [0.1, 0.15) is 47.5 Å². The molecule has 0 aliphatic rings. The maximum absolute atomic E-state index is 10.8. The molecule has 0 aliphatic carbocycles. The van der Waals surface area contributed by atoms with Gasteiger partial charge in [0.2, 0.25) is 0 Å². The molecule has 0 aromatic carbocycles. The Labute approximate surface area is 86.2 Å². The van der Waals surface area contributed by atoms with Gasteiger partial charge in [-0.1, -0.05) is 13.3 Å². The fourth-order valence-electron chi connectivity index (χ4n) is 1.18. The number of carboxylic acid groups (broad SMARTS) is 1. The largest absolute Gasteiger partial charge is 0.478 e. The SMILES string of the molecule is CCC/C(NC(C)(C)C)=C(/C)C(=O)O. The Balaban J connectivity index is 4.76. The fraction of sp³-hybridized carbons (Fsp3) is 0.727. The van der Waals surface area contributed by atoms with Crippen molar-refractivity contribution in [2.24, 2.45) is 0 Å². The summed E-state index contributed by atoms with van der Waals surface area (Å²) >= 11 is 0. The maximum Gasteiger partial charge on any atom is 0.333 e. The van der Waals surface area contributed by atoms with Gasteiger partial charge in [-0.25, -0.2) is 4.79 Å². The van der Waals surface area contributed by atoms with E-state index in [1.807, 2.05) is 27.7 Å². The van der Waals surface area contributed by atoms with Gasteiger partial charge in [-0.2, -0.15) is 0 Å². The average Bonchev–Trinajstić information content (AvgIpc) is 1.99. The Kier molecular flexibility index (Phi) is 4.68. The molecule has 3 heteroatoms. The first-order chi connectivity index (χ1) is 6.28. The summed E-state index contributed by atoms with van der Waals surface area (Å²) in [6.45, 7) is 9.76. The highest BCUT2D eigenvalue weighted by atomic mass is 16.4. The van der Waals surface area contributed by atoms with E-state index in [0.717, 1.165) is 18.5 Å². The van der Waals surface area contributed by atoms with Crippen LogP contribution in [0.2, 0.25) is 0 Å². The predicted molar refractivity (Wildman–Crippen MR) is 58.1 cm³/mol. The smallest absolute Gasteiger partial charge is 0.333 e. The molecule has 0 saturated carbocycles. The van der Waals surface area contributed by atoms with E-state index in [-0.39, 0.29) is 5.54 Å². The third-order valence-corrected chi connectivity index (χ3v) is 1.80. The van der Waals surface area contributed by atoms with Crippen molar-refractivity contribution in [1.29, 1.82) is 0 Å². The molecule has 0 aliphatic heterocycles. The summed E-state index contributed by atoms with van der Waals surface area (Å²) in [4.78, 5) is 10.8. The second kappa shape index (κ2) is 5.03. The van der Waals surface area contributed by atoms with Crippen molar-refractivity contribution in [3.05, 3.63) is 11.3 Å². The van der Waals surface area contributed by atoms with Crippen LogP contribution in [0, 0.1) is 0 Å². The van der Waals surface area contributed by atoms with E-state index < -0.39 is 5.97 Å². The third-order valence-electron chi connectivity index (χ3n) is 1.80. The number of carboxylic acids is 1.